The van der Waals surface area contributed by atoms with Gasteiger partial charge in [0, 0.05) is 37.3 Å². The number of thiazole rings is 1. The second kappa shape index (κ2) is 9.94. The van der Waals surface area contributed by atoms with E-state index in [-0.39, 0.29) is 5.97 Å². The highest BCUT2D eigenvalue weighted by Crippen LogP contribution is 2.47. The van der Waals surface area contributed by atoms with Crippen LogP contribution in [0.5, 0.6) is 0 Å². The number of benzene rings is 2. The fraction of sp³-hybridized carbons (Fsp3) is 0.429. The second-order valence-corrected chi connectivity index (χ2v) is 11.2. The molecule has 0 unspecified atom stereocenters. The molecule has 3 N–H and O–H groups in total. The van der Waals surface area contributed by atoms with Crippen molar-refractivity contribution in [1.29, 1.82) is 0 Å². The predicted molar refractivity (Wildman–Crippen MR) is 144 cm³/mol. The van der Waals surface area contributed by atoms with Crippen molar-refractivity contribution >= 4 is 22.4 Å². The fourth-order valence-corrected chi connectivity index (χ4v) is 6.53. The monoisotopic (exact) mass is 506 g/mol. The molecule has 0 radical (unpaired) electrons. The fourth-order valence-electron chi connectivity index (χ4n) is 5.38. The molecule has 0 atom stereocenters. The minimum atomic E-state index is -0.682. The summed E-state index contributed by atoms with van der Waals surface area (Å²) in [5, 5.41) is 11.2. The Hall–Kier alpha value is -2.78. The number of ether oxygens (including phenoxy) is 1. The summed E-state index contributed by atoms with van der Waals surface area (Å²) in [7, 11) is 0. The van der Waals surface area contributed by atoms with Gasteiger partial charge < -0.3 is 20.5 Å². The summed E-state index contributed by atoms with van der Waals surface area (Å²) in [5.41, 5.74) is 9.61. The third-order valence-electron chi connectivity index (χ3n) is 7.08. The third kappa shape index (κ3) is 5.18. The van der Waals surface area contributed by atoms with Crippen molar-refractivity contribution in [2.75, 3.05) is 44.2 Å². The van der Waals surface area contributed by atoms with Crippen molar-refractivity contribution in [3.8, 4) is 21.7 Å². The van der Waals surface area contributed by atoms with Gasteiger partial charge >= 0.3 is 5.97 Å². The third-order valence-corrected chi connectivity index (χ3v) is 8.24. The zero-order valence-corrected chi connectivity index (χ0v) is 21.8. The molecule has 0 bridgehead atoms. The van der Waals surface area contributed by atoms with Crippen LogP contribution in [0.4, 0.5) is 5.13 Å². The number of anilines is 1. The first-order valence-electron chi connectivity index (χ1n) is 12.6. The molecule has 36 heavy (non-hydrogen) atoms. The first kappa shape index (κ1) is 24.9. The van der Waals surface area contributed by atoms with Crippen molar-refractivity contribution in [2.45, 2.75) is 37.8 Å². The summed E-state index contributed by atoms with van der Waals surface area (Å²) in [4.78, 5) is 22.6. The maximum Gasteiger partial charge on any atom is 0.320 e. The van der Waals surface area contributed by atoms with Gasteiger partial charge in [0.15, 0.2) is 5.13 Å². The molecule has 0 amide bonds. The van der Waals surface area contributed by atoms with Crippen LogP contribution in [-0.2, 0) is 15.1 Å². The average molecular weight is 507 g/mol. The van der Waals surface area contributed by atoms with Crippen LogP contribution in [0.3, 0.4) is 0 Å². The largest absolute Gasteiger partial charge is 0.465 e. The summed E-state index contributed by atoms with van der Waals surface area (Å²) in [5.74, 6) is -0.165. The molecule has 7 nitrogen and oxygen atoms in total. The highest BCUT2D eigenvalue weighted by molar-refractivity contribution is 7.19. The number of carbonyl (C=O) groups excluding carboxylic acids is 1. The van der Waals surface area contributed by atoms with E-state index in [9.17, 15) is 9.90 Å². The van der Waals surface area contributed by atoms with E-state index < -0.39 is 11.1 Å². The van der Waals surface area contributed by atoms with Crippen LogP contribution >= 0.6 is 11.3 Å². The van der Waals surface area contributed by atoms with Crippen molar-refractivity contribution in [1.82, 2.24) is 9.88 Å². The number of nitrogens with zero attached hydrogens (tertiary/aromatic N) is 3. The van der Waals surface area contributed by atoms with E-state index in [1.807, 2.05) is 19.9 Å². The van der Waals surface area contributed by atoms with Gasteiger partial charge in [-0.15, -0.1) is 0 Å². The zero-order chi connectivity index (χ0) is 25.3. The highest BCUT2D eigenvalue weighted by atomic mass is 32.1. The highest BCUT2D eigenvalue weighted by Gasteiger charge is 2.49. The molecule has 1 aliphatic carbocycles. The lowest BCUT2D eigenvalue weighted by Crippen LogP contribution is -2.58. The smallest absolute Gasteiger partial charge is 0.320 e. The Morgan fingerprint density at radius 3 is 2.33 bits per heavy atom. The molecule has 1 aliphatic heterocycles. The minimum Gasteiger partial charge on any atom is -0.465 e. The van der Waals surface area contributed by atoms with Gasteiger partial charge in [-0.25, -0.2) is 4.98 Å². The molecule has 1 saturated heterocycles. The van der Waals surface area contributed by atoms with Gasteiger partial charge in [0.05, 0.1) is 29.3 Å². The van der Waals surface area contributed by atoms with Crippen LogP contribution in [0, 0.1) is 0 Å². The summed E-state index contributed by atoms with van der Waals surface area (Å²) in [6.45, 7) is 7.65. The van der Waals surface area contributed by atoms with E-state index in [0.717, 1.165) is 58.6 Å². The number of hydrogen-bond acceptors (Lipinski definition) is 8. The second-order valence-electron chi connectivity index (χ2n) is 10.2. The molecule has 3 aromatic rings. The molecule has 1 aromatic heterocycles. The van der Waals surface area contributed by atoms with Gasteiger partial charge in [-0.1, -0.05) is 65.9 Å². The number of aliphatic hydroxyl groups is 1. The lowest BCUT2D eigenvalue weighted by atomic mass is 9.63. The van der Waals surface area contributed by atoms with E-state index in [1.54, 1.807) is 11.3 Å². The number of esters is 1. The first-order chi connectivity index (χ1) is 17.3. The average Bonchev–Trinajstić information content (AvgIpc) is 3.30. The molecule has 190 valence electrons. The van der Waals surface area contributed by atoms with Gasteiger partial charge in [0.1, 0.15) is 0 Å². The van der Waals surface area contributed by atoms with Gasteiger partial charge in [-0.05, 0) is 37.8 Å². The van der Waals surface area contributed by atoms with E-state index in [1.165, 1.54) is 0 Å². The Bertz CT molecular complexity index is 1190. The molecule has 2 fully saturated rings. The molecule has 1 saturated carbocycles. The molecule has 2 aliphatic rings. The van der Waals surface area contributed by atoms with E-state index in [4.69, 9.17) is 15.5 Å². The Balaban J connectivity index is 1.38. The molecule has 2 heterocycles. The van der Waals surface area contributed by atoms with Crippen LogP contribution in [0.2, 0.25) is 0 Å². The first-order valence-corrected chi connectivity index (χ1v) is 13.4. The molecule has 0 spiro atoms. The van der Waals surface area contributed by atoms with Crippen LogP contribution < -0.4 is 10.6 Å². The Labute approximate surface area is 216 Å². The lowest BCUT2D eigenvalue weighted by molar-refractivity contribution is -0.144. The Kier molecular flexibility index (Phi) is 6.87. The van der Waals surface area contributed by atoms with Crippen molar-refractivity contribution < 1.29 is 14.6 Å². The van der Waals surface area contributed by atoms with Gasteiger partial charge in [0.25, 0.3) is 0 Å². The normalized spacial score (nSPS) is 24.4. The van der Waals surface area contributed by atoms with E-state index in [0.29, 0.717) is 26.0 Å². The summed E-state index contributed by atoms with van der Waals surface area (Å²) < 4.78 is 5.10. The van der Waals surface area contributed by atoms with Crippen molar-refractivity contribution in [2.24, 2.45) is 5.73 Å². The summed E-state index contributed by atoms with van der Waals surface area (Å²) >= 11 is 1.71. The molecular weight excluding hydrogens is 472 g/mol. The van der Waals surface area contributed by atoms with Gasteiger partial charge in [0.2, 0.25) is 0 Å². The van der Waals surface area contributed by atoms with Crippen LogP contribution in [0.25, 0.3) is 21.7 Å². The number of carbonyl (C=O) groups is 1. The van der Waals surface area contributed by atoms with E-state index >= 15 is 0 Å². The number of piperazine rings is 1. The van der Waals surface area contributed by atoms with Crippen LogP contribution in [0.15, 0.2) is 54.6 Å². The topological polar surface area (TPSA) is 91.9 Å². The molecule has 5 rings (SSSR count). The SMILES string of the molecule is CCOC(=O)CN1CCN(c2nc(-c3ccc(C4(N)CC(C)(O)C4)cc3)c(-c3ccccc3)s2)CC1. The van der Waals surface area contributed by atoms with Crippen LogP contribution in [0.1, 0.15) is 32.3 Å². The summed E-state index contributed by atoms with van der Waals surface area (Å²) in [6.07, 6.45) is 1.13. The minimum absolute atomic E-state index is 0.165. The maximum absolute atomic E-state index is 11.9. The number of nitrogens with two attached hydrogens (primary N) is 1. The van der Waals surface area contributed by atoms with Gasteiger partial charge in [-0.2, -0.15) is 0 Å². The molecule has 8 heteroatoms. The molecule has 2 aromatic carbocycles. The number of rotatable bonds is 7. The van der Waals surface area contributed by atoms with Crippen LogP contribution in [-0.4, -0.2) is 65.9 Å². The molecular formula is C28H34N4O3S. The Morgan fingerprint density at radius 1 is 1.06 bits per heavy atom. The van der Waals surface area contributed by atoms with Crippen molar-refractivity contribution in [3.63, 3.8) is 0 Å². The lowest BCUT2D eigenvalue weighted by Gasteiger charge is -2.49. The maximum atomic E-state index is 11.9. The van der Waals surface area contributed by atoms with Gasteiger partial charge in [-0.3, -0.25) is 9.69 Å². The number of hydrogen-bond donors (Lipinski definition) is 2. The number of aromatic nitrogens is 1. The quantitative estimate of drug-likeness (QED) is 0.470. The standard InChI is InChI=1S/C28H34N4O3S/c1-3-35-23(33)17-31-13-15-32(16-14-31)26-30-24(25(36-26)21-7-5-4-6-8-21)20-9-11-22(12-10-20)28(29)18-27(2,34)19-28/h4-12,34H,3,13-19,29H2,1-2H3. The zero-order valence-electron chi connectivity index (χ0n) is 20.9. The predicted octanol–water partition coefficient (Wildman–Crippen LogP) is 3.86. The van der Waals surface area contributed by atoms with E-state index in [2.05, 4.69) is 58.3 Å². The summed E-state index contributed by atoms with van der Waals surface area (Å²) in [6, 6.07) is 18.7. The van der Waals surface area contributed by atoms with Crippen molar-refractivity contribution in [3.05, 3.63) is 60.2 Å². The Morgan fingerprint density at radius 2 is 1.72 bits per heavy atom.